The summed E-state index contributed by atoms with van der Waals surface area (Å²) in [4.78, 5) is 4.19. The summed E-state index contributed by atoms with van der Waals surface area (Å²) in [6, 6.07) is 2.03. The van der Waals surface area contributed by atoms with Crippen LogP contribution in [0, 0.1) is 0 Å². The molecule has 1 saturated carbocycles. The number of nitrogens with two attached hydrogens (primary N) is 1. The normalized spacial score (nSPS) is 19.1. The first-order valence-corrected chi connectivity index (χ1v) is 5.62. The van der Waals surface area contributed by atoms with Crippen molar-refractivity contribution in [3.8, 4) is 5.75 Å². The van der Waals surface area contributed by atoms with Gasteiger partial charge in [-0.25, -0.2) is 0 Å². The van der Waals surface area contributed by atoms with Gasteiger partial charge in [0.2, 0.25) is 0 Å². The standard InChI is InChI=1S/C12H18N2O/c1-2-15-11-7-10(8-14-9-11)12(13)5-3-4-6-12/h7-9H,2-6,13H2,1H3. The lowest BCUT2D eigenvalue weighted by Crippen LogP contribution is -2.33. The van der Waals surface area contributed by atoms with Gasteiger partial charge in [-0.05, 0) is 31.4 Å². The molecule has 1 aliphatic rings. The lowest BCUT2D eigenvalue weighted by atomic mass is 9.91. The van der Waals surface area contributed by atoms with Crippen molar-refractivity contribution in [2.24, 2.45) is 5.73 Å². The monoisotopic (exact) mass is 206 g/mol. The van der Waals surface area contributed by atoms with E-state index < -0.39 is 0 Å². The van der Waals surface area contributed by atoms with Crippen LogP contribution >= 0.6 is 0 Å². The maximum Gasteiger partial charge on any atom is 0.137 e. The van der Waals surface area contributed by atoms with E-state index in [2.05, 4.69) is 4.98 Å². The molecule has 0 atom stereocenters. The van der Waals surface area contributed by atoms with Gasteiger partial charge in [0.25, 0.3) is 0 Å². The van der Waals surface area contributed by atoms with Crippen molar-refractivity contribution < 1.29 is 4.74 Å². The van der Waals surface area contributed by atoms with E-state index in [9.17, 15) is 0 Å². The molecule has 1 aliphatic carbocycles. The van der Waals surface area contributed by atoms with Crippen molar-refractivity contribution in [2.45, 2.75) is 38.1 Å². The van der Waals surface area contributed by atoms with Gasteiger partial charge >= 0.3 is 0 Å². The Balaban J connectivity index is 2.23. The topological polar surface area (TPSA) is 48.1 Å². The Labute approximate surface area is 90.7 Å². The summed E-state index contributed by atoms with van der Waals surface area (Å²) >= 11 is 0. The molecule has 3 heteroatoms. The third-order valence-electron chi connectivity index (χ3n) is 3.09. The van der Waals surface area contributed by atoms with Gasteiger partial charge in [-0.1, -0.05) is 12.8 Å². The zero-order chi connectivity index (χ0) is 10.7. The molecule has 2 N–H and O–H groups in total. The fourth-order valence-electron chi connectivity index (χ4n) is 2.23. The predicted octanol–water partition coefficient (Wildman–Crippen LogP) is 2.21. The predicted molar refractivity (Wildman–Crippen MR) is 59.7 cm³/mol. The van der Waals surface area contributed by atoms with Crippen LogP contribution in [0.25, 0.3) is 0 Å². The van der Waals surface area contributed by atoms with E-state index in [1.807, 2.05) is 19.2 Å². The van der Waals surface area contributed by atoms with E-state index in [1.165, 1.54) is 12.8 Å². The molecule has 0 aliphatic heterocycles. The minimum absolute atomic E-state index is 0.167. The lowest BCUT2D eigenvalue weighted by Gasteiger charge is -2.23. The van der Waals surface area contributed by atoms with Crippen molar-refractivity contribution in [3.63, 3.8) is 0 Å². The number of nitrogens with zero attached hydrogens (tertiary/aromatic N) is 1. The van der Waals surface area contributed by atoms with E-state index in [0.717, 1.165) is 24.2 Å². The van der Waals surface area contributed by atoms with Gasteiger partial charge in [-0.3, -0.25) is 4.98 Å². The molecule has 0 saturated heterocycles. The number of ether oxygens (including phenoxy) is 1. The summed E-state index contributed by atoms with van der Waals surface area (Å²) in [5.41, 5.74) is 7.30. The van der Waals surface area contributed by atoms with Crippen LogP contribution in [0.5, 0.6) is 5.75 Å². The number of hydrogen-bond donors (Lipinski definition) is 1. The van der Waals surface area contributed by atoms with Crippen LogP contribution in [-0.2, 0) is 5.54 Å². The molecule has 0 bridgehead atoms. The molecule has 82 valence electrons. The van der Waals surface area contributed by atoms with Gasteiger partial charge in [-0.2, -0.15) is 0 Å². The molecule has 0 aromatic carbocycles. The van der Waals surface area contributed by atoms with Crippen LogP contribution < -0.4 is 10.5 Å². The first kappa shape index (κ1) is 10.4. The molecule has 2 rings (SSSR count). The van der Waals surface area contributed by atoms with Crippen molar-refractivity contribution in [1.82, 2.24) is 4.98 Å². The second-order valence-corrected chi connectivity index (χ2v) is 4.21. The molecule has 1 fully saturated rings. The smallest absolute Gasteiger partial charge is 0.137 e. The Bertz CT molecular complexity index is 332. The van der Waals surface area contributed by atoms with E-state index in [-0.39, 0.29) is 5.54 Å². The molecule has 0 radical (unpaired) electrons. The average molecular weight is 206 g/mol. The molecule has 1 heterocycles. The van der Waals surface area contributed by atoms with Gasteiger partial charge < -0.3 is 10.5 Å². The van der Waals surface area contributed by atoms with E-state index in [1.54, 1.807) is 6.20 Å². The number of hydrogen-bond acceptors (Lipinski definition) is 3. The Hall–Kier alpha value is -1.09. The summed E-state index contributed by atoms with van der Waals surface area (Å²) in [5.74, 6) is 0.826. The van der Waals surface area contributed by atoms with Gasteiger partial charge in [0, 0.05) is 11.7 Å². The maximum absolute atomic E-state index is 6.35. The van der Waals surface area contributed by atoms with E-state index >= 15 is 0 Å². The Morgan fingerprint density at radius 1 is 1.40 bits per heavy atom. The Kier molecular flexibility index (Phi) is 2.91. The highest BCUT2D eigenvalue weighted by atomic mass is 16.5. The molecular weight excluding hydrogens is 188 g/mol. The number of aromatic nitrogens is 1. The van der Waals surface area contributed by atoms with Gasteiger partial charge in [0.05, 0.1) is 12.8 Å². The first-order valence-electron chi connectivity index (χ1n) is 5.62. The van der Waals surface area contributed by atoms with Gasteiger partial charge in [0.1, 0.15) is 5.75 Å². The van der Waals surface area contributed by atoms with Crippen molar-refractivity contribution in [3.05, 3.63) is 24.0 Å². The summed E-state index contributed by atoms with van der Waals surface area (Å²) in [6.07, 6.45) is 8.17. The molecule has 0 amide bonds. The van der Waals surface area contributed by atoms with Crippen LogP contribution in [0.1, 0.15) is 38.2 Å². The van der Waals surface area contributed by atoms with Crippen LogP contribution in [0.4, 0.5) is 0 Å². The third-order valence-corrected chi connectivity index (χ3v) is 3.09. The SMILES string of the molecule is CCOc1cncc(C2(N)CCCC2)c1. The molecule has 0 unspecified atom stereocenters. The highest BCUT2D eigenvalue weighted by Gasteiger charge is 2.31. The van der Waals surface area contributed by atoms with Crippen molar-refractivity contribution in [2.75, 3.05) is 6.61 Å². The highest BCUT2D eigenvalue weighted by Crippen LogP contribution is 2.36. The van der Waals surface area contributed by atoms with Crippen molar-refractivity contribution >= 4 is 0 Å². The maximum atomic E-state index is 6.35. The summed E-state index contributed by atoms with van der Waals surface area (Å²) in [5, 5.41) is 0. The van der Waals surface area contributed by atoms with Gasteiger partial charge in [0.15, 0.2) is 0 Å². The molecule has 0 spiro atoms. The fraction of sp³-hybridized carbons (Fsp3) is 0.583. The summed E-state index contributed by atoms with van der Waals surface area (Å²) in [6.45, 7) is 2.64. The fourth-order valence-corrected chi connectivity index (χ4v) is 2.23. The van der Waals surface area contributed by atoms with Crippen LogP contribution in [0.3, 0.4) is 0 Å². The average Bonchev–Trinajstić information content (AvgIpc) is 2.68. The molecular formula is C12H18N2O. The first-order chi connectivity index (χ1) is 7.24. The number of pyridine rings is 1. The zero-order valence-electron chi connectivity index (χ0n) is 9.20. The second-order valence-electron chi connectivity index (χ2n) is 4.21. The summed E-state index contributed by atoms with van der Waals surface area (Å²) in [7, 11) is 0. The van der Waals surface area contributed by atoms with Crippen LogP contribution in [0.15, 0.2) is 18.5 Å². The molecule has 15 heavy (non-hydrogen) atoms. The Morgan fingerprint density at radius 2 is 2.13 bits per heavy atom. The minimum Gasteiger partial charge on any atom is -0.492 e. The van der Waals surface area contributed by atoms with Crippen molar-refractivity contribution in [1.29, 1.82) is 0 Å². The third kappa shape index (κ3) is 2.12. The van der Waals surface area contributed by atoms with Crippen LogP contribution in [-0.4, -0.2) is 11.6 Å². The zero-order valence-corrected chi connectivity index (χ0v) is 9.20. The molecule has 1 aromatic heterocycles. The molecule has 3 nitrogen and oxygen atoms in total. The summed E-state index contributed by atoms with van der Waals surface area (Å²) < 4.78 is 5.43. The minimum atomic E-state index is -0.167. The highest BCUT2D eigenvalue weighted by molar-refractivity contribution is 5.29. The quantitative estimate of drug-likeness (QED) is 0.824. The van der Waals surface area contributed by atoms with Crippen LogP contribution in [0.2, 0.25) is 0 Å². The number of rotatable bonds is 3. The van der Waals surface area contributed by atoms with Gasteiger partial charge in [-0.15, -0.1) is 0 Å². The van der Waals surface area contributed by atoms with E-state index in [0.29, 0.717) is 6.61 Å². The second kappa shape index (κ2) is 4.19. The lowest BCUT2D eigenvalue weighted by molar-refractivity contribution is 0.336. The molecule has 1 aromatic rings. The largest absolute Gasteiger partial charge is 0.492 e. The van der Waals surface area contributed by atoms with E-state index in [4.69, 9.17) is 10.5 Å². The Morgan fingerprint density at radius 3 is 2.80 bits per heavy atom.